The van der Waals surface area contributed by atoms with Gasteiger partial charge < -0.3 is 5.32 Å². The summed E-state index contributed by atoms with van der Waals surface area (Å²) >= 11 is 1.54. The van der Waals surface area contributed by atoms with Crippen LogP contribution in [0.25, 0.3) is 11.3 Å². The molecule has 1 unspecified atom stereocenters. The van der Waals surface area contributed by atoms with Gasteiger partial charge in [0.15, 0.2) is 0 Å². The highest BCUT2D eigenvalue weighted by Gasteiger charge is 2.17. The normalized spacial score (nSPS) is 12.7. The summed E-state index contributed by atoms with van der Waals surface area (Å²) in [5.41, 5.74) is 1.13. The van der Waals surface area contributed by atoms with Gasteiger partial charge in [0.25, 0.3) is 0 Å². The fourth-order valence-corrected chi connectivity index (χ4v) is 2.77. The molecule has 0 saturated carbocycles. The van der Waals surface area contributed by atoms with E-state index < -0.39 is 11.6 Å². The quantitative estimate of drug-likeness (QED) is 0.918. The Morgan fingerprint density at radius 1 is 1.22 bits per heavy atom. The first-order chi connectivity index (χ1) is 8.51. The van der Waals surface area contributed by atoms with Gasteiger partial charge in [-0.25, -0.2) is 13.8 Å². The van der Waals surface area contributed by atoms with E-state index >= 15 is 0 Å². The molecule has 2 nitrogen and oxygen atoms in total. The Hall–Kier alpha value is -1.33. The minimum atomic E-state index is -0.585. The lowest BCUT2D eigenvalue weighted by Crippen LogP contribution is -2.11. The average molecular weight is 268 g/mol. The molecule has 5 heteroatoms. The summed E-state index contributed by atoms with van der Waals surface area (Å²) in [6, 6.07) is 3.58. The predicted octanol–water partition coefficient (Wildman–Crippen LogP) is 3.68. The van der Waals surface area contributed by atoms with Crippen LogP contribution < -0.4 is 5.32 Å². The molecule has 2 rings (SSSR count). The zero-order valence-electron chi connectivity index (χ0n) is 10.4. The maximum atomic E-state index is 13.3. The Bertz CT molecular complexity index is 546. The van der Waals surface area contributed by atoms with Crippen LogP contribution in [-0.4, -0.2) is 12.0 Å². The minimum absolute atomic E-state index is 0.0949. The van der Waals surface area contributed by atoms with Crippen molar-refractivity contribution in [3.05, 3.63) is 39.7 Å². The van der Waals surface area contributed by atoms with E-state index in [2.05, 4.69) is 10.3 Å². The molecular formula is C13H14F2N2S. The zero-order valence-corrected chi connectivity index (χ0v) is 11.2. The third-order valence-corrected chi connectivity index (χ3v) is 3.88. The smallest absolute Gasteiger partial charge is 0.126 e. The van der Waals surface area contributed by atoms with Crippen molar-refractivity contribution in [3.63, 3.8) is 0 Å². The average Bonchev–Trinajstić information content (AvgIpc) is 2.69. The van der Waals surface area contributed by atoms with Crippen LogP contribution >= 0.6 is 11.3 Å². The molecule has 1 aromatic carbocycles. The topological polar surface area (TPSA) is 24.9 Å². The second-order valence-corrected chi connectivity index (χ2v) is 5.35. The van der Waals surface area contributed by atoms with Crippen molar-refractivity contribution in [1.82, 2.24) is 10.3 Å². The predicted molar refractivity (Wildman–Crippen MR) is 69.7 cm³/mol. The number of hydrogen-bond acceptors (Lipinski definition) is 3. The van der Waals surface area contributed by atoms with E-state index in [1.165, 1.54) is 23.5 Å². The lowest BCUT2D eigenvalue weighted by molar-refractivity contribution is 0.584. The third-order valence-electron chi connectivity index (χ3n) is 2.72. The van der Waals surface area contributed by atoms with Crippen molar-refractivity contribution in [1.29, 1.82) is 0 Å². The SMILES string of the molecule is CNC(C)c1sc(C)nc1-c1cc(F)cc(F)c1. The van der Waals surface area contributed by atoms with Crippen molar-refractivity contribution < 1.29 is 8.78 Å². The summed E-state index contributed by atoms with van der Waals surface area (Å²) < 4.78 is 26.5. The summed E-state index contributed by atoms with van der Waals surface area (Å²) in [6.45, 7) is 3.88. The summed E-state index contributed by atoms with van der Waals surface area (Å²) in [6.07, 6.45) is 0. The summed E-state index contributed by atoms with van der Waals surface area (Å²) in [5.74, 6) is -1.17. The second-order valence-electron chi connectivity index (χ2n) is 4.11. The van der Waals surface area contributed by atoms with E-state index in [9.17, 15) is 8.78 Å². The van der Waals surface area contributed by atoms with Crippen LogP contribution in [0.1, 0.15) is 22.9 Å². The fraction of sp³-hybridized carbons (Fsp3) is 0.308. The molecule has 96 valence electrons. The van der Waals surface area contributed by atoms with Gasteiger partial charge in [-0.05, 0) is 33.0 Å². The van der Waals surface area contributed by atoms with Crippen LogP contribution in [0, 0.1) is 18.6 Å². The largest absolute Gasteiger partial charge is 0.312 e. The molecule has 0 radical (unpaired) electrons. The van der Waals surface area contributed by atoms with Gasteiger partial charge in [0.05, 0.1) is 10.7 Å². The van der Waals surface area contributed by atoms with Crippen molar-refractivity contribution in [2.75, 3.05) is 7.05 Å². The molecule has 2 aromatic rings. The molecule has 0 fully saturated rings. The van der Waals surface area contributed by atoms with Crippen LogP contribution in [0.5, 0.6) is 0 Å². The molecule has 1 heterocycles. The summed E-state index contributed by atoms with van der Waals surface area (Å²) in [4.78, 5) is 5.36. The highest BCUT2D eigenvalue weighted by molar-refractivity contribution is 7.12. The Kier molecular flexibility index (Phi) is 3.73. The third kappa shape index (κ3) is 2.57. The van der Waals surface area contributed by atoms with Crippen molar-refractivity contribution in [2.45, 2.75) is 19.9 Å². The highest BCUT2D eigenvalue weighted by atomic mass is 32.1. The van der Waals surface area contributed by atoms with Gasteiger partial charge in [-0.3, -0.25) is 0 Å². The van der Waals surface area contributed by atoms with Crippen molar-refractivity contribution >= 4 is 11.3 Å². The van der Waals surface area contributed by atoms with Gasteiger partial charge in [0.1, 0.15) is 11.6 Å². The number of rotatable bonds is 3. The van der Waals surface area contributed by atoms with Crippen LogP contribution in [0.15, 0.2) is 18.2 Å². The van der Waals surface area contributed by atoms with E-state index in [4.69, 9.17) is 0 Å². The summed E-state index contributed by atoms with van der Waals surface area (Å²) in [5, 5.41) is 4.00. The second kappa shape index (κ2) is 5.12. The van der Waals surface area contributed by atoms with Crippen LogP contribution in [0.3, 0.4) is 0 Å². The molecule has 1 aromatic heterocycles. The zero-order chi connectivity index (χ0) is 13.3. The van der Waals surface area contributed by atoms with Crippen molar-refractivity contribution in [2.24, 2.45) is 0 Å². The summed E-state index contributed by atoms with van der Waals surface area (Å²) in [7, 11) is 1.84. The van der Waals surface area contributed by atoms with Gasteiger partial charge in [-0.1, -0.05) is 0 Å². The lowest BCUT2D eigenvalue weighted by Gasteiger charge is -2.10. The number of nitrogens with zero attached hydrogens (tertiary/aromatic N) is 1. The molecule has 0 saturated heterocycles. The van der Waals surface area contributed by atoms with E-state index in [0.29, 0.717) is 11.3 Å². The Balaban J connectivity index is 2.56. The highest BCUT2D eigenvalue weighted by Crippen LogP contribution is 2.33. The molecule has 0 amide bonds. The van der Waals surface area contributed by atoms with E-state index in [1.54, 1.807) is 0 Å². The molecule has 0 bridgehead atoms. The maximum absolute atomic E-state index is 13.3. The van der Waals surface area contributed by atoms with Gasteiger partial charge in [-0.15, -0.1) is 11.3 Å². The monoisotopic (exact) mass is 268 g/mol. The Morgan fingerprint density at radius 3 is 2.39 bits per heavy atom. The maximum Gasteiger partial charge on any atom is 0.126 e. The molecule has 0 spiro atoms. The van der Waals surface area contributed by atoms with Gasteiger partial charge in [0.2, 0.25) is 0 Å². The fourth-order valence-electron chi connectivity index (χ4n) is 1.76. The van der Waals surface area contributed by atoms with Crippen LogP contribution in [0.2, 0.25) is 0 Å². The molecule has 0 aliphatic heterocycles. The van der Waals surface area contributed by atoms with E-state index in [-0.39, 0.29) is 6.04 Å². The Morgan fingerprint density at radius 2 is 1.83 bits per heavy atom. The number of hydrogen-bond donors (Lipinski definition) is 1. The Labute approximate surface area is 109 Å². The number of benzene rings is 1. The molecule has 0 aliphatic rings. The molecular weight excluding hydrogens is 254 g/mol. The van der Waals surface area contributed by atoms with E-state index in [1.807, 2.05) is 20.9 Å². The standard InChI is InChI=1S/C13H14F2N2S/c1-7(16-3)13-12(17-8(2)18-13)9-4-10(14)6-11(15)5-9/h4-7,16H,1-3H3. The lowest BCUT2D eigenvalue weighted by atomic mass is 10.1. The number of nitrogens with one attached hydrogen (secondary N) is 1. The number of aryl methyl sites for hydroxylation is 1. The van der Waals surface area contributed by atoms with Crippen LogP contribution in [-0.2, 0) is 0 Å². The van der Waals surface area contributed by atoms with Gasteiger partial charge in [-0.2, -0.15) is 0 Å². The van der Waals surface area contributed by atoms with Crippen molar-refractivity contribution in [3.8, 4) is 11.3 Å². The molecule has 0 aliphatic carbocycles. The number of thiazole rings is 1. The number of halogens is 2. The minimum Gasteiger partial charge on any atom is -0.312 e. The van der Waals surface area contributed by atoms with Gasteiger partial charge in [0, 0.05) is 22.5 Å². The molecule has 18 heavy (non-hydrogen) atoms. The first kappa shape index (κ1) is 13.1. The number of aromatic nitrogens is 1. The first-order valence-electron chi connectivity index (χ1n) is 5.62. The first-order valence-corrected chi connectivity index (χ1v) is 6.44. The van der Waals surface area contributed by atoms with Crippen LogP contribution in [0.4, 0.5) is 8.78 Å². The molecule has 1 atom stereocenters. The molecule has 1 N–H and O–H groups in total. The van der Waals surface area contributed by atoms with Gasteiger partial charge >= 0.3 is 0 Å². The van der Waals surface area contributed by atoms with E-state index in [0.717, 1.165) is 16.0 Å².